The van der Waals surface area contributed by atoms with E-state index in [1.807, 2.05) is 23.5 Å². The van der Waals surface area contributed by atoms with Crippen LogP contribution in [0, 0.1) is 0 Å². The molecule has 620 valence electrons. The van der Waals surface area contributed by atoms with Gasteiger partial charge in [-0.25, -0.2) is 9.97 Å². The molecule has 0 bridgehead atoms. The Hall–Kier alpha value is -17.6. The summed E-state index contributed by atoms with van der Waals surface area (Å²) in [5, 5.41) is 22.7. The fourth-order valence-electron chi connectivity index (χ4n) is 21.6. The minimum absolute atomic E-state index is 0.669. The quantitative estimate of drug-likeness (QED) is 0.152. The number of hydrogen-bond donors (Lipinski definition) is 0. The lowest BCUT2D eigenvalue weighted by atomic mass is 10.1. The zero-order valence-corrected chi connectivity index (χ0v) is 72.3. The largest absolute Gasteiger partial charge is 0.454 e. The topological polar surface area (TPSA) is 81.6 Å². The van der Waals surface area contributed by atoms with Crippen LogP contribution in [0.2, 0.25) is 0 Å². The van der Waals surface area contributed by atoms with E-state index in [0.717, 1.165) is 133 Å². The van der Waals surface area contributed by atoms with Crippen LogP contribution in [0.1, 0.15) is 0 Å². The monoisotopic (exact) mass is 1710 g/mol. The number of fused-ring (bicyclic) bond motifs is 31. The number of para-hydroxylation sites is 10. The average Bonchev–Trinajstić information content (AvgIpc) is 1.56. The molecule has 10 aromatic heterocycles. The first-order valence-corrected chi connectivity index (χ1v) is 46.0. The fourth-order valence-corrected chi connectivity index (χ4v) is 22.7. The number of furan rings is 2. The molecule has 0 aliphatic rings. The highest BCUT2D eigenvalue weighted by Crippen LogP contribution is 2.50. The van der Waals surface area contributed by atoms with Crippen molar-refractivity contribution >= 4 is 217 Å². The summed E-state index contributed by atoms with van der Waals surface area (Å²) >= 11 is 1.84. The van der Waals surface area contributed by atoms with E-state index in [0.29, 0.717) is 5.95 Å². The Morgan fingerprint density at radius 1 is 0.188 bits per heavy atom. The first-order valence-electron chi connectivity index (χ1n) is 45.2. The van der Waals surface area contributed by atoms with Crippen molar-refractivity contribution in [1.82, 2.24) is 37.4 Å². The van der Waals surface area contributed by atoms with Crippen molar-refractivity contribution < 1.29 is 8.83 Å². The summed E-state index contributed by atoms with van der Waals surface area (Å²) in [4.78, 5) is 10.8. The SMILES string of the molecule is c1ccc(-c2cccc(-n3c4ccccc4c4cc5c6ccc7c8ccccc8oc7c6n(-c6ccccc6)c5cc43)c2)cc1.c1ccc(-c2nc(-n3c4cc5c(cc4c4ccc6sc7ccccc7c6c43)c3ccccc3n5-c3ccccc3)nc3ccccc23)cc1.c1ccc(-n2c3ccccc3c3cc4c5ccc6c7ccccc7oc6c5n(-c5ccccc5)c4cc32)cc1. The summed E-state index contributed by atoms with van der Waals surface area (Å²) in [6, 6.07) is 160. The number of rotatable bonds is 8. The van der Waals surface area contributed by atoms with E-state index in [-0.39, 0.29) is 0 Å². The van der Waals surface area contributed by atoms with Gasteiger partial charge in [0, 0.05) is 146 Å². The first kappa shape index (κ1) is 74.4. The van der Waals surface area contributed by atoms with Crippen molar-refractivity contribution in [3.05, 3.63) is 449 Å². The molecule has 20 aromatic carbocycles. The van der Waals surface area contributed by atoms with Crippen molar-refractivity contribution in [2.75, 3.05) is 0 Å². The maximum absolute atomic E-state index is 6.63. The lowest BCUT2D eigenvalue weighted by molar-refractivity contribution is 0.670. The molecular formula is C122H74N8O2S. The smallest absolute Gasteiger partial charge is 0.235 e. The highest BCUT2D eigenvalue weighted by atomic mass is 32.1. The van der Waals surface area contributed by atoms with Gasteiger partial charge >= 0.3 is 0 Å². The maximum Gasteiger partial charge on any atom is 0.235 e. The second kappa shape index (κ2) is 29.5. The minimum atomic E-state index is 0.669. The lowest BCUT2D eigenvalue weighted by Crippen LogP contribution is -2.04. The molecule has 0 fully saturated rings. The zero-order valence-electron chi connectivity index (χ0n) is 71.5. The van der Waals surface area contributed by atoms with Crippen molar-refractivity contribution in [3.63, 3.8) is 0 Å². The van der Waals surface area contributed by atoms with Crippen molar-refractivity contribution in [2.24, 2.45) is 0 Å². The predicted molar refractivity (Wildman–Crippen MR) is 557 cm³/mol. The standard InChI is InChI=1S/C44H26N4S.C42H26N2O.C36H22N2O/c1-3-13-27(14-4-1)42-31-18-7-10-20-35(31)45-44(46-42)48-38-26-37-33(29-17-8-11-21-36(29)47(37)28-15-5-2-6-16-28)25-34(38)30-23-24-40-41(43(30)48)32-19-9-12-22-39(32)49-40;1-3-12-27(13-4-1)28-14-11-17-30(24-28)43-37-20-9-7-18-31(37)35-25-36-33-22-23-34-32-19-8-10-21-40(32)45-42(34)41(33)44(39(36)26-38(35)43)29-15-5-2-6-16-29;1-3-11-23(12-4-1)37-31-17-9-7-15-25(31)29-21-30-27-19-20-28-26-16-8-10-18-34(26)39-36(28)35(27)38(33(30)22-32(29)37)24-13-5-2-6-14-24/h1-26H;1-26H;1-22H. The molecule has 0 spiro atoms. The Morgan fingerprint density at radius 2 is 0.534 bits per heavy atom. The van der Waals surface area contributed by atoms with Crippen LogP contribution in [0.5, 0.6) is 0 Å². The number of thiophene rings is 1. The molecule has 133 heavy (non-hydrogen) atoms. The normalized spacial score (nSPS) is 12.1. The van der Waals surface area contributed by atoms with Gasteiger partial charge in [-0.2, -0.15) is 0 Å². The van der Waals surface area contributed by atoms with Crippen LogP contribution >= 0.6 is 11.3 Å². The lowest BCUT2D eigenvalue weighted by Gasteiger charge is -2.13. The van der Waals surface area contributed by atoms with Gasteiger partial charge in [0.25, 0.3) is 0 Å². The van der Waals surface area contributed by atoms with Crippen LogP contribution in [0.25, 0.3) is 263 Å². The van der Waals surface area contributed by atoms with Crippen LogP contribution in [-0.4, -0.2) is 37.4 Å². The summed E-state index contributed by atoms with van der Waals surface area (Å²) < 4.78 is 30.0. The summed E-state index contributed by atoms with van der Waals surface area (Å²) in [5.41, 5.74) is 28.5. The van der Waals surface area contributed by atoms with E-state index in [1.165, 1.54) is 124 Å². The molecule has 0 aliphatic heterocycles. The van der Waals surface area contributed by atoms with Gasteiger partial charge in [-0.1, -0.05) is 291 Å². The molecule has 0 unspecified atom stereocenters. The number of hydrogen-bond acceptors (Lipinski definition) is 5. The van der Waals surface area contributed by atoms with Gasteiger partial charge in [0.2, 0.25) is 5.95 Å². The maximum atomic E-state index is 6.63. The summed E-state index contributed by atoms with van der Waals surface area (Å²) in [6.07, 6.45) is 0. The fraction of sp³-hybridized carbons (Fsp3) is 0. The van der Waals surface area contributed by atoms with Gasteiger partial charge in [0.05, 0.1) is 77.4 Å². The van der Waals surface area contributed by atoms with Gasteiger partial charge in [0.1, 0.15) is 11.2 Å². The van der Waals surface area contributed by atoms with Gasteiger partial charge in [-0.3, -0.25) is 4.57 Å². The molecule has 11 heteroatoms. The summed E-state index contributed by atoms with van der Waals surface area (Å²) in [7, 11) is 0. The van der Waals surface area contributed by atoms with Crippen molar-refractivity contribution in [3.8, 4) is 56.8 Å². The van der Waals surface area contributed by atoms with Crippen LogP contribution in [-0.2, 0) is 0 Å². The van der Waals surface area contributed by atoms with Crippen LogP contribution in [0.3, 0.4) is 0 Å². The van der Waals surface area contributed by atoms with E-state index in [2.05, 4.69) is 464 Å². The van der Waals surface area contributed by atoms with Gasteiger partial charge in [-0.05, 0) is 169 Å². The third kappa shape index (κ3) is 11.4. The first-order chi connectivity index (χ1) is 66.0. The Kier molecular flexibility index (Phi) is 16.5. The van der Waals surface area contributed by atoms with E-state index < -0.39 is 0 Å². The Bertz CT molecular complexity index is 10000. The Balaban J connectivity index is 0.000000100. The second-order valence-electron chi connectivity index (χ2n) is 34.5. The Labute approximate surface area is 763 Å². The van der Waals surface area contributed by atoms with E-state index >= 15 is 0 Å². The third-order valence-corrected chi connectivity index (χ3v) is 28.4. The molecule has 0 aliphatic carbocycles. The van der Waals surface area contributed by atoms with Gasteiger partial charge in [0.15, 0.2) is 11.2 Å². The van der Waals surface area contributed by atoms with E-state index in [9.17, 15) is 0 Å². The van der Waals surface area contributed by atoms with Crippen LogP contribution in [0.4, 0.5) is 0 Å². The molecular weight excluding hydrogens is 1640 g/mol. The highest BCUT2D eigenvalue weighted by Gasteiger charge is 2.29. The molecule has 0 saturated carbocycles. The highest BCUT2D eigenvalue weighted by molar-refractivity contribution is 7.26. The Morgan fingerprint density at radius 3 is 1.03 bits per heavy atom. The molecule has 0 atom stereocenters. The third-order valence-electron chi connectivity index (χ3n) is 27.3. The minimum Gasteiger partial charge on any atom is -0.454 e. The molecule has 0 radical (unpaired) electrons. The molecule has 0 N–H and O–H groups in total. The molecule has 10 heterocycles. The molecule has 10 nitrogen and oxygen atoms in total. The molecule has 0 amide bonds. The molecule has 30 aromatic rings. The predicted octanol–water partition coefficient (Wildman–Crippen LogP) is 33.1. The van der Waals surface area contributed by atoms with Crippen molar-refractivity contribution in [2.45, 2.75) is 0 Å². The van der Waals surface area contributed by atoms with E-state index in [4.69, 9.17) is 18.8 Å². The zero-order chi connectivity index (χ0) is 87.0. The summed E-state index contributed by atoms with van der Waals surface area (Å²) in [5.74, 6) is 0.669. The second-order valence-corrected chi connectivity index (χ2v) is 35.6. The van der Waals surface area contributed by atoms with E-state index in [1.54, 1.807) is 0 Å². The van der Waals surface area contributed by atoms with Crippen molar-refractivity contribution in [1.29, 1.82) is 0 Å². The van der Waals surface area contributed by atoms with Gasteiger partial charge in [-0.15, -0.1) is 11.3 Å². The molecule has 0 saturated heterocycles. The number of benzene rings is 20. The summed E-state index contributed by atoms with van der Waals surface area (Å²) in [6.45, 7) is 0. The van der Waals surface area contributed by atoms with Gasteiger partial charge < -0.3 is 31.7 Å². The number of nitrogens with zero attached hydrogens (tertiary/aromatic N) is 8. The van der Waals surface area contributed by atoms with Crippen LogP contribution in [0.15, 0.2) is 458 Å². The van der Waals surface area contributed by atoms with Crippen LogP contribution < -0.4 is 0 Å². The average molecular weight is 1720 g/mol. The number of aromatic nitrogens is 8. The molecule has 30 rings (SSSR count).